The third kappa shape index (κ3) is 2.80. The molecular weight excluding hydrogens is 292 g/mol. The molecule has 0 spiro atoms. The quantitative estimate of drug-likeness (QED) is 0.876. The third-order valence-corrected chi connectivity index (χ3v) is 3.88. The number of methoxy groups -OCH3 is 1. The van der Waals surface area contributed by atoms with E-state index >= 15 is 0 Å². The highest BCUT2D eigenvalue weighted by atomic mass is 16.5. The molecule has 0 saturated heterocycles. The molecule has 0 amide bonds. The van der Waals surface area contributed by atoms with Crippen molar-refractivity contribution in [1.29, 1.82) is 0 Å². The second-order valence-corrected chi connectivity index (χ2v) is 5.32. The number of benzene rings is 2. The Balaban J connectivity index is 1.94. The average Bonchev–Trinajstić information content (AvgIpc) is 2.87. The van der Waals surface area contributed by atoms with Gasteiger partial charge in [0.25, 0.3) is 0 Å². The van der Waals surface area contributed by atoms with Crippen LogP contribution < -0.4 is 9.47 Å². The molecular formula is C19H18O4. The maximum Gasteiger partial charge on any atom is 0.189 e. The van der Waals surface area contributed by atoms with Gasteiger partial charge >= 0.3 is 0 Å². The molecule has 23 heavy (non-hydrogen) atoms. The first-order chi connectivity index (χ1) is 11.1. The predicted molar refractivity (Wildman–Crippen MR) is 88.3 cm³/mol. The molecule has 0 aromatic heterocycles. The number of ketones is 1. The van der Waals surface area contributed by atoms with Crippen molar-refractivity contribution in [2.45, 2.75) is 13.3 Å². The highest BCUT2D eigenvalue weighted by Crippen LogP contribution is 2.35. The van der Waals surface area contributed by atoms with Gasteiger partial charge in [-0.25, -0.2) is 0 Å². The van der Waals surface area contributed by atoms with E-state index in [4.69, 9.17) is 9.47 Å². The van der Waals surface area contributed by atoms with Crippen molar-refractivity contribution in [2.75, 3.05) is 13.7 Å². The van der Waals surface area contributed by atoms with Gasteiger partial charge in [0.2, 0.25) is 0 Å². The van der Waals surface area contributed by atoms with Crippen molar-refractivity contribution in [2.24, 2.45) is 0 Å². The van der Waals surface area contributed by atoms with Gasteiger partial charge in [-0.1, -0.05) is 18.2 Å². The lowest BCUT2D eigenvalue weighted by atomic mass is 10.1. The van der Waals surface area contributed by atoms with Crippen LogP contribution in [-0.4, -0.2) is 24.6 Å². The van der Waals surface area contributed by atoms with Crippen LogP contribution in [0, 0.1) is 0 Å². The Morgan fingerprint density at radius 3 is 2.74 bits per heavy atom. The van der Waals surface area contributed by atoms with Crippen LogP contribution in [0.4, 0.5) is 0 Å². The number of Topliss-reactive ketones (excluding diaryl/α,β-unsaturated/α-hetero) is 1. The number of phenols is 1. The number of fused-ring (bicyclic) bond motifs is 1. The van der Waals surface area contributed by atoms with E-state index in [1.54, 1.807) is 25.3 Å². The van der Waals surface area contributed by atoms with Crippen LogP contribution in [0.15, 0.2) is 42.0 Å². The van der Waals surface area contributed by atoms with Gasteiger partial charge in [0, 0.05) is 23.1 Å². The molecule has 0 heterocycles. The summed E-state index contributed by atoms with van der Waals surface area (Å²) in [5, 5.41) is 9.89. The van der Waals surface area contributed by atoms with Crippen molar-refractivity contribution < 1.29 is 19.4 Å². The summed E-state index contributed by atoms with van der Waals surface area (Å²) in [7, 11) is 1.59. The van der Waals surface area contributed by atoms with Gasteiger partial charge in [0.05, 0.1) is 13.7 Å². The molecule has 1 aliphatic rings. The monoisotopic (exact) mass is 310 g/mol. The van der Waals surface area contributed by atoms with Gasteiger partial charge in [-0.3, -0.25) is 4.79 Å². The van der Waals surface area contributed by atoms with Gasteiger partial charge in [0.1, 0.15) is 5.75 Å². The van der Waals surface area contributed by atoms with Gasteiger partial charge in [-0.2, -0.15) is 0 Å². The molecule has 118 valence electrons. The van der Waals surface area contributed by atoms with E-state index in [2.05, 4.69) is 0 Å². The first kappa shape index (κ1) is 15.2. The van der Waals surface area contributed by atoms with Gasteiger partial charge < -0.3 is 14.6 Å². The Morgan fingerprint density at radius 1 is 1.22 bits per heavy atom. The second kappa shape index (κ2) is 6.16. The summed E-state index contributed by atoms with van der Waals surface area (Å²) in [4.78, 5) is 12.4. The molecule has 0 aliphatic heterocycles. The minimum absolute atomic E-state index is 0.0382. The molecule has 4 nitrogen and oxygen atoms in total. The van der Waals surface area contributed by atoms with E-state index in [0.717, 1.165) is 5.56 Å². The first-order valence-electron chi connectivity index (χ1n) is 7.51. The standard InChI is InChI=1S/C19H18O4/c1-3-23-17-8-7-12(10-18(17)22-2)9-13-11-15-14(19(13)21)5-4-6-16(15)20/h4-10,20H,3,11H2,1-2H3/b13-9+. The van der Waals surface area contributed by atoms with Crippen LogP contribution in [0.1, 0.15) is 28.4 Å². The molecule has 1 N–H and O–H groups in total. The van der Waals surface area contributed by atoms with Gasteiger partial charge in [-0.05, 0) is 36.8 Å². The fourth-order valence-electron chi connectivity index (χ4n) is 2.78. The van der Waals surface area contributed by atoms with Gasteiger partial charge in [0.15, 0.2) is 17.3 Å². The van der Waals surface area contributed by atoms with Crippen molar-refractivity contribution in [3.8, 4) is 17.2 Å². The molecule has 2 aromatic carbocycles. The fraction of sp³-hybridized carbons (Fsp3) is 0.211. The summed E-state index contributed by atoms with van der Waals surface area (Å²) in [6.07, 6.45) is 2.27. The molecule has 0 radical (unpaired) electrons. The summed E-state index contributed by atoms with van der Waals surface area (Å²) in [5.41, 5.74) is 2.80. The van der Waals surface area contributed by atoms with Crippen LogP contribution in [0.5, 0.6) is 17.2 Å². The van der Waals surface area contributed by atoms with Crippen molar-refractivity contribution in [3.05, 3.63) is 58.7 Å². The Kier molecular flexibility index (Phi) is 4.06. The zero-order valence-corrected chi connectivity index (χ0v) is 13.1. The number of carbonyl (C=O) groups is 1. The minimum Gasteiger partial charge on any atom is -0.508 e. The maximum atomic E-state index is 12.4. The number of ether oxygens (including phenoxy) is 2. The van der Waals surface area contributed by atoms with E-state index in [9.17, 15) is 9.90 Å². The fourth-order valence-corrected chi connectivity index (χ4v) is 2.78. The van der Waals surface area contributed by atoms with Crippen LogP contribution in [-0.2, 0) is 6.42 Å². The molecule has 0 bridgehead atoms. The lowest BCUT2D eigenvalue weighted by Crippen LogP contribution is -1.97. The maximum absolute atomic E-state index is 12.4. The number of rotatable bonds is 4. The third-order valence-electron chi connectivity index (χ3n) is 3.88. The average molecular weight is 310 g/mol. The zero-order valence-electron chi connectivity index (χ0n) is 13.1. The van der Waals surface area contributed by atoms with Crippen LogP contribution in [0.3, 0.4) is 0 Å². The molecule has 4 heteroatoms. The summed E-state index contributed by atoms with van der Waals surface area (Å²) >= 11 is 0. The van der Waals surface area contributed by atoms with Crippen LogP contribution in [0.2, 0.25) is 0 Å². The molecule has 0 fully saturated rings. The Bertz CT molecular complexity index is 790. The number of hydrogen-bond donors (Lipinski definition) is 1. The summed E-state index contributed by atoms with van der Waals surface area (Å²) in [6, 6.07) is 10.6. The lowest BCUT2D eigenvalue weighted by molar-refractivity contribution is 0.104. The summed E-state index contributed by atoms with van der Waals surface area (Å²) < 4.78 is 10.8. The smallest absolute Gasteiger partial charge is 0.189 e. The van der Waals surface area contributed by atoms with Crippen LogP contribution in [0.25, 0.3) is 6.08 Å². The van der Waals surface area contributed by atoms with E-state index in [1.807, 2.05) is 31.2 Å². The number of aromatic hydroxyl groups is 1. The molecule has 0 saturated carbocycles. The van der Waals surface area contributed by atoms with Gasteiger partial charge in [-0.15, -0.1) is 0 Å². The first-order valence-corrected chi connectivity index (χ1v) is 7.51. The Morgan fingerprint density at radius 2 is 2.04 bits per heavy atom. The second-order valence-electron chi connectivity index (χ2n) is 5.32. The number of allylic oxidation sites excluding steroid dienone is 1. The number of carbonyl (C=O) groups excluding carboxylic acids is 1. The van der Waals surface area contributed by atoms with Crippen LogP contribution >= 0.6 is 0 Å². The van der Waals surface area contributed by atoms with E-state index in [1.165, 1.54) is 0 Å². The highest BCUT2D eigenvalue weighted by Gasteiger charge is 2.26. The largest absolute Gasteiger partial charge is 0.508 e. The van der Waals surface area contributed by atoms with Crippen molar-refractivity contribution in [3.63, 3.8) is 0 Å². The Hall–Kier alpha value is -2.75. The lowest BCUT2D eigenvalue weighted by Gasteiger charge is -2.09. The van der Waals surface area contributed by atoms with Crippen molar-refractivity contribution >= 4 is 11.9 Å². The topological polar surface area (TPSA) is 55.8 Å². The summed E-state index contributed by atoms with van der Waals surface area (Å²) in [5.74, 6) is 1.44. The molecule has 0 unspecified atom stereocenters. The molecule has 2 aromatic rings. The SMILES string of the molecule is CCOc1ccc(/C=C2\Cc3c(O)cccc3C2=O)cc1OC. The number of phenolic OH excluding ortho intramolecular Hbond substituents is 1. The molecule has 1 aliphatic carbocycles. The predicted octanol–water partition coefficient (Wildman–Crippen LogP) is 3.62. The van der Waals surface area contributed by atoms with E-state index in [-0.39, 0.29) is 11.5 Å². The van der Waals surface area contributed by atoms with Crippen molar-refractivity contribution in [1.82, 2.24) is 0 Å². The highest BCUT2D eigenvalue weighted by molar-refractivity contribution is 6.16. The zero-order chi connectivity index (χ0) is 16.4. The Labute approximate surface area is 135 Å². The molecule has 0 atom stereocenters. The number of hydrogen-bond acceptors (Lipinski definition) is 4. The molecule has 3 rings (SSSR count). The normalized spacial score (nSPS) is 14.9. The summed E-state index contributed by atoms with van der Waals surface area (Å²) in [6.45, 7) is 2.47. The van der Waals surface area contributed by atoms with E-state index in [0.29, 0.717) is 41.2 Å². The van der Waals surface area contributed by atoms with E-state index < -0.39 is 0 Å². The minimum atomic E-state index is -0.0382.